The van der Waals surface area contributed by atoms with Gasteiger partial charge < -0.3 is 20.5 Å². The highest BCUT2D eigenvalue weighted by Crippen LogP contribution is 2.24. The molecule has 21 heavy (non-hydrogen) atoms. The minimum absolute atomic E-state index is 0.0962. The molecular weight excluding hydrogens is 272 g/mol. The quantitative estimate of drug-likeness (QED) is 0.819. The number of carboxylic acids is 1. The van der Waals surface area contributed by atoms with Crippen LogP contribution in [0.25, 0.3) is 0 Å². The summed E-state index contributed by atoms with van der Waals surface area (Å²) < 4.78 is 5.11. The van der Waals surface area contributed by atoms with Crippen molar-refractivity contribution in [1.29, 1.82) is 0 Å². The van der Waals surface area contributed by atoms with Gasteiger partial charge in [-0.1, -0.05) is 24.3 Å². The van der Waals surface area contributed by atoms with Crippen LogP contribution in [0.3, 0.4) is 0 Å². The van der Waals surface area contributed by atoms with E-state index in [-0.39, 0.29) is 25.0 Å². The lowest BCUT2D eigenvalue weighted by Gasteiger charge is -2.35. The van der Waals surface area contributed by atoms with Crippen molar-refractivity contribution in [1.82, 2.24) is 4.90 Å². The van der Waals surface area contributed by atoms with E-state index in [0.717, 1.165) is 11.1 Å². The summed E-state index contributed by atoms with van der Waals surface area (Å²) in [5.41, 5.74) is 7.49. The number of nitrogens with zero attached hydrogens (tertiary/aromatic N) is 1. The molecular formula is C15H20N2O4. The molecule has 2 rings (SSSR count). The molecule has 1 unspecified atom stereocenters. The normalized spacial score (nSPS) is 19.0. The predicted molar refractivity (Wildman–Crippen MR) is 76.6 cm³/mol. The van der Waals surface area contributed by atoms with E-state index in [2.05, 4.69) is 0 Å². The van der Waals surface area contributed by atoms with Crippen molar-refractivity contribution in [3.63, 3.8) is 0 Å². The number of benzene rings is 1. The smallest absolute Gasteiger partial charge is 0.326 e. The Balaban J connectivity index is 2.20. The summed E-state index contributed by atoms with van der Waals surface area (Å²) in [4.78, 5) is 25.2. The van der Waals surface area contributed by atoms with Crippen LogP contribution in [0, 0.1) is 0 Å². The minimum atomic E-state index is -0.987. The lowest BCUT2D eigenvalue weighted by molar-refractivity contribution is -0.152. The molecule has 0 saturated carbocycles. The monoisotopic (exact) mass is 292 g/mol. The average molecular weight is 292 g/mol. The number of aliphatic carboxylic acids is 1. The molecule has 0 aromatic heterocycles. The van der Waals surface area contributed by atoms with Crippen LogP contribution in [0.1, 0.15) is 17.5 Å². The van der Waals surface area contributed by atoms with Gasteiger partial charge in [-0.05, 0) is 11.1 Å². The number of methoxy groups -OCH3 is 1. The van der Waals surface area contributed by atoms with Gasteiger partial charge in [0.05, 0.1) is 12.5 Å². The summed E-state index contributed by atoms with van der Waals surface area (Å²) in [5, 5.41) is 9.38. The van der Waals surface area contributed by atoms with Gasteiger partial charge in [0.25, 0.3) is 0 Å². The number of ether oxygens (including phenoxy) is 1. The Morgan fingerprint density at radius 2 is 2.10 bits per heavy atom. The zero-order valence-corrected chi connectivity index (χ0v) is 12.0. The maximum atomic E-state index is 12.4. The highest BCUT2D eigenvalue weighted by atomic mass is 16.5. The summed E-state index contributed by atoms with van der Waals surface area (Å²) in [6, 6.07) is 6.77. The highest BCUT2D eigenvalue weighted by molar-refractivity contribution is 5.84. The van der Waals surface area contributed by atoms with Gasteiger partial charge in [-0.15, -0.1) is 0 Å². The van der Waals surface area contributed by atoms with E-state index in [1.54, 1.807) is 0 Å². The zero-order chi connectivity index (χ0) is 15.4. The summed E-state index contributed by atoms with van der Waals surface area (Å²) >= 11 is 0. The summed E-state index contributed by atoms with van der Waals surface area (Å²) in [7, 11) is 1.49. The number of nitrogens with two attached hydrogens (primary N) is 1. The van der Waals surface area contributed by atoms with Gasteiger partial charge in [-0.2, -0.15) is 0 Å². The third kappa shape index (κ3) is 3.40. The van der Waals surface area contributed by atoms with Crippen molar-refractivity contribution in [3.8, 4) is 0 Å². The van der Waals surface area contributed by atoms with Crippen molar-refractivity contribution in [2.45, 2.75) is 31.5 Å². The Morgan fingerprint density at radius 1 is 1.43 bits per heavy atom. The maximum Gasteiger partial charge on any atom is 0.326 e. The largest absolute Gasteiger partial charge is 0.480 e. The predicted octanol–water partition coefficient (Wildman–Crippen LogP) is 0.388. The molecule has 114 valence electrons. The van der Waals surface area contributed by atoms with Crippen molar-refractivity contribution in [2.75, 3.05) is 13.7 Å². The molecule has 1 amide bonds. The molecule has 2 atom stereocenters. The zero-order valence-electron chi connectivity index (χ0n) is 12.0. The van der Waals surface area contributed by atoms with E-state index < -0.39 is 12.0 Å². The molecule has 0 saturated heterocycles. The van der Waals surface area contributed by atoms with E-state index in [1.165, 1.54) is 12.0 Å². The van der Waals surface area contributed by atoms with Gasteiger partial charge in [0, 0.05) is 26.6 Å². The van der Waals surface area contributed by atoms with Crippen LogP contribution in [0.4, 0.5) is 0 Å². The first kappa shape index (κ1) is 15.5. The first-order valence-corrected chi connectivity index (χ1v) is 6.88. The molecule has 0 radical (unpaired) electrons. The molecule has 0 spiro atoms. The topological polar surface area (TPSA) is 92.9 Å². The molecule has 0 bridgehead atoms. The molecule has 1 aliphatic heterocycles. The van der Waals surface area contributed by atoms with E-state index in [0.29, 0.717) is 13.0 Å². The molecule has 1 aliphatic rings. The molecule has 1 aromatic carbocycles. The Bertz CT molecular complexity index is 528. The molecule has 6 heteroatoms. The van der Waals surface area contributed by atoms with Crippen LogP contribution in [0.2, 0.25) is 0 Å². The fourth-order valence-corrected chi connectivity index (χ4v) is 2.58. The van der Waals surface area contributed by atoms with Crippen molar-refractivity contribution in [3.05, 3.63) is 35.4 Å². The van der Waals surface area contributed by atoms with E-state index in [9.17, 15) is 14.7 Å². The molecule has 0 fully saturated rings. The molecule has 1 heterocycles. The van der Waals surface area contributed by atoms with Gasteiger partial charge >= 0.3 is 5.97 Å². The molecule has 1 aromatic rings. The first-order valence-electron chi connectivity index (χ1n) is 6.88. The van der Waals surface area contributed by atoms with Crippen LogP contribution >= 0.6 is 0 Å². The third-order valence-electron chi connectivity index (χ3n) is 3.85. The van der Waals surface area contributed by atoms with Crippen LogP contribution in [0.5, 0.6) is 0 Å². The number of carbonyl (C=O) groups excluding carboxylic acids is 1. The second-order valence-corrected chi connectivity index (χ2v) is 5.15. The molecule has 6 nitrogen and oxygen atoms in total. The maximum absolute atomic E-state index is 12.4. The highest BCUT2D eigenvalue weighted by Gasteiger charge is 2.34. The number of carbonyl (C=O) groups is 2. The first-order chi connectivity index (χ1) is 10.1. The van der Waals surface area contributed by atoms with Crippen molar-refractivity contribution >= 4 is 11.9 Å². The Hall–Kier alpha value is -1.92. The van der Waals surface area contributed by atoms with E-state index in [1.807, 2.05) is 24.3 Å². The van der Waals surface area contributed by atoms with Gasteiger partial charge in [-0.3, -0.25) is 4.79 Å². The number of hydrogen-bond donors (Lipinski definition) is 2. The fraction of sp³-hybridized carbons (Fsp3) is 0.467. The fourth-order valence-electron chi connectivity index (χ4n) is 2.58. The summed E-state index contributed by atoms with van der Waals surface area (Å²) in [6.07, 6.45) is 0.0420. The summed E-state index contributed by atoms with van der Waals surface area (Å²) in [5.74, 6) is -1.23. The second kappa shape index (κ2) is 6.69. The van der Waals surface area contributed by atoms with Crippen LogP contribution < -0.4 is 5.73 Å². The second-order valence-electron chi connectivity index (χ2n) is 5.15. The van der Waals surface area contributed by atoms with Crippen molar-refractivity contribution < 1.29 is 19.4 Å². The Morgan fingerprint density at radius 3 is 2.67 bits per heavy atom. The lowest BCUT2D eigenvalue weighted by Crippen LogP contribution is -2.49. The Labute approximate surface area is 123 Å². The molecule has 3 N–H and O–H groups in total. The minimum Gasteiger partial charge on any atom is -0.480 e. The van der Waals surface area contributed by atoms with Crippen molar-refractivity contribution in [2.24, 2.45) is 5.73 Å². The van der Waals surface area contributed by atoms with Gasteiger partial charge in [-0.25, -0.2) is 4.79 Å². The molecule has 0 aliphatic carbocycles. The van der Waals surface area contributed by atoms with Gasteiger partial charge in [0.2, 0.25) is 5.91 Å². The SMILES string of the molecule is COC(CN)CC(=O)N1Cc2ccccc2C[C@H]1C(=O)O. The van der Waals surface area contributed by atoms with Crippen LogP contribution in [-0.4, -0.2) is 47.7 Å². The summed E-state index contributed by atoms with van der Waals surface area (Å²) in [6.45, 7) is 0.539. The van der Waals surface area contributed by atoms with Crippen LogP contribution in [0.15, 0.2) is 24.3 Å². The standard InChI is InChI=1S/C15H20N2O4/c1-21-12(8-16)7-14(18)17-9-11-5-3-2-4-10(11)6-13(17)15(19)20/h2-5,12-13H,6-9,16H2,1H3,(H,19,20)/t12?,13-/m0/s1. The van der Waals surface area contributed by atoms with Crippen LogP contribution in [-0.2, 0) is 27.3 Å². The van der Waals surface area contributed by atoms with Gasteiger partial charge in [0.15, 0.2) is 0 Å². The van der Waals surface area contributed by atoms with Gasteiger partial charge in [0.1, 0.15) is 6.04 Å². The average Bonchev–Trinajstić information content (AvgIpc) is 2.50. The number of fused-ring (bicyclic) bond motifs is 1. The number of rotatable bonds is 5. The van der Waals surface area contributed by atoms with E-state index >= 15 is 0 Å². The number of carboxylic acid groups (broad SMARTS) is 1. The number of hydrogen-bond acceptors (Lipinski definition) is 4. The Kier molecular flexibility index (Phi) is 4.93. The van der Waals surface area contributed by atoms with E-state index in [4.69, 9.17) is 10.5 Å². The third-order valence-corrected chi connectivity index (χ3v) is 3.85. The number of amides is 1. The lowest BCUT2D eigenvalue weighted by atomic mass is 9.93.